The summed E-state index contributed by atoms with van der Waals surface area (Å²) in [6.45, 7) is 8.22. The number of esters is 1. The molecule has 6 nitrogen and oxygen atoms in total. The summed E-state index contributed by atoms with van der Waals surface area (Å²) in [5.41, 5.74) is 3.63. The molecule has 0 bridgehead atoms. The van der Waals surface area contributed by atoms with Gasteiger partial charge in [0.25, 0.3) is 0 Å². The number of aliphatic hydroxyl groups excluding tert-OH is 1. The fraction of sp³-hybridized carbons (Fsp3) is 0.455. The number of fused-ring (bicyclic) bond motifs is 1. The van der Waals surface area contributed by atoms with Crippen LogP contribution in [-0.4, -0.2) is 42.5 Å². The molecule has 0 saturated carbocycles. The van der Waals surface area contributed by atoms with Crippen LogP contribution >= 0.6 is 0 Å². The van der Waals surface area contributed by atoms with Crippen LogP contribution < -0.4 is 0 Å². The second-order valence-electron chi connectivity index (χ2n) is 7.98. The standard InChI is InChI=1S/C22H28N2O4S/c1-5-28-21(26)17-13-16-14-24(29(27)22(2,3)4)18(11-12-25)19(16)20(23-17)15-9-7-6-8-10-15/h6-10,13,18,25H,5,11-12,14H2,1-4H3/t18-,29-/m1/s1. The van der Waals surface area contributed by atoms with Crippen LogP contribution in [-0.2, 0) is 22.3 Å². The second-order valence-corrected chi connectivity index (χ2v) is 10.2. The van der Waals surface area contributed by atoms with Gasteiger partial charge in [0.2, 0.25) is 0 Å². The van der Waals surface area contributed by atoms with E-state index in [4.69, 9.17) is 4.74 Å². The molecule has 0 aliphatic carbocycles. The number of rotatable bonds is 6. The first kappa shape index (κ1) is 21.6. The number of nitrogens with zero attached hydrogens (tertiary/aromatic N) is 2. The van der Waals surface area contributed by atoms with Crippen LogP contribution in [0, 0.1) is 0 Å². The summed E-state index contributed by atoms with van der Waals surface area (Å²) in [5, 5.41) is 9.71. The fourth-order valence-electron chi connectivity index (χ4n) is 3.59. The zero-order valence-electron chi connectivity index (χ0n) is 17.3. The van der Waals surface area contributed by atoms with Gasteiger partial charge in [0.15, 0.2) is 0 Å². The largest absolute Gasteiger partial charge is 0.461 e. The maximum atomic E-state index is 13.2. The SMILES string of the molecule is CCOC(=O)c1cc2c(c(-c3ccccc3)n1)[C@@H](CCO)N([S@](=O)C(C)(C)C)C2. The molecule has 1 aromatic heterocycles. The van der Waals surface area contributed by atoms with Gasteiger partial charge in [0, 0.05) is 24.3 Å². The van der Waals surface area contributed by atoms with Gasteiger partial charge < -0.3 is 9.84 Å². The lowest BCUT2D eigenvalue weighted by atomic mass is 9.96. The van der Waals surface area contributed by atoms with Crippen LogP contribution in [0.2, 0.25) is 0 Å². The van der Waals surface area contributed by atoms with Gasteiger partial charge in [0.05, 0.1) is 23.1 Å². The minimum Gasteiger partial charge on any atom is -0.461 e. The van der Waals surface area contributed by atoms with Crippen molar-refractivity contribution >= 4 is 17.0 Å². The highest BCUT2D eigenvalue weighted by atomic mass is 32.2. The lowest BCUT2D eigenvalue weighted by Gasteiger charge is -2.30. The van der Waals surface area contributed by atoms with E-state index < -0.39 is 21.7 Å². The Hall–Kier alpha value is -2.09. The fourth-order valence-corrected chi connectivity index (χ4v) is 5.00. The normalized spacial score (nSPS) is 17.8. The highest BCUT2D eigenvalue weighted by Gasteiger charge is 2.40. The van der Waals surface area contributed by atoms with E-state index in [2.05, 4.69) is 4.98 Å². The van der Waals surface area contributed by atoms with Gasteiger partial charge in [0.1, 0.15) is 16.7 Å². The Morgan fingerprint density at radius 3 is 2.59 bits per heavy atom. The van der Waals surface area contributed by atoms with Gasteiger partial charge in [-0.1, -0.05) is 30.3 Å². The minimum absolute atomic E-state index is 0.0319. The van der Waals surface area contributed by atoms with Gasteiger partial charge in [-0.15, -0.1) is 0 Å². The molecule has 0 saturated heterocycles. The average molecular weight is 417 g/mol. The molecular formula is C22H28N2O4S. The number of carbonyl (C=O) groups is 1. The van der Waals surface area contributed by atoms with Crippen molar-refractivity contribution in [2.45, 2.75) is 51.4 Å². The van der Waals surface area contributed by atoms with Crippen molar-refractivity contribution < 1.29 is 18.8 Å². The van der Waals surface area contributed by atoms with Gasteiger partial charge >= 0.3 is 5.97 Å². The molecule has 0 fully saturated rings. The molecule has 0 amide bonds. The molecule has 156 valence electrons. The molecule has 2 aromatic rings. The lowest BCUT2D eigenvalue weighted by molar-refractivity contribution is 0.0519. The summed E-state index contributed by atoms with van der Waals surface area (Å²) in [6.07, 6.45) is 0.440. The molecule has 0 radical (unpaired) electrons. The Labute approximate surface area is 174 Å². The number of carbonyl (C=O) groups excluding carboxylic acids is 1. The summed E-state index contributed by atoms with van der Waals surface area (Å²) >= 11 is 0. The van der Waals surface area contributed by atoms with Crippen LogP contribution in [0.4, 0.5) is 0 Å². The van der Waals surface area contributed by atoms with E-state index in [0.717, 1.165) is 16.7 Å². The number of ether oxygens (including phenoxy) is 1. The molecule has 1 N–H and O–H groups in total. The Bertz CT molecular complexity index is 909. The van der Waals surface area contributed by atoms with E-state index in [9.17, 15) is 14.1 Å². The number of benzene rings is 1. The van der Waals surface area contributed by atoms with Crippen LogP contribution in [0.15, 0.2) is 36.4 Å². The smallest absolute Gasteiger partial charge is 0.356 e. The van der Waals surface area contributed by atoms with Gasteiger partial charge in [-0.2, -0.15) is 0 Å². The number of aliphatic hydroxyl groups is 1. The first-order chi connectivity index (χ1) is 13.8. The summed E-state index contributed by atoms with van der Waals surface area (Å²) in [5.74, 6) is -0.471. The maximum Gasteiger partial charge on any atom is 0.356 e. The van der Waals surface area contributed by atoms with Crippen LogP contribution in [0.1, 0.15) is 61.8 Å². The van der Waals surface area contributed by atoms with E-state index in [1.165, 1.54) is 0 Å². The molecule has 0 unspecified atom stereocenters. The van der Waals surface area contributed by atoms with Crippen molar-refractivity contribution in [3.05, 3.63) is 53.2 Å². The summed E-state index contributed by atoms with van der Waals surface area (Å²) < 4.78 is 19.9. The van der Waals surface area contributed by atoms with Crippen LogP contribution in [0.25, 0.3) is 11.3 Å². The Kier molecular flexibility index (Phi) is 6.51. The van der Waals surface area contributed by atoms with Crippen molar-refractivity contribution in [3.8, 4) is 11.3 Å². The molecule has 2 atom stereocenters. The Balaban J connectivity index is 2.18. The van der Waals surface area contributed by atoms with E-state index in [0.29, 0.717) is 18.7 Å². The summed E-state index contributed by atoms with van der Waals surface area (Å²) in [6, 6.07) is 11.1. The molecular weight excluding hydrogens is 388 g/mol. The van der Waals surface area contributed by atoms with Gasteiger partial charge in [-0.3, -0.25) is 0 Å². The van der Waals surface area contributed by atoms with Crippen molar-refractivity contribution in [2.24, 2.45) is 0 Å². The third-order valence-corrected chi connectivity index (χ3v) is 6.68. The summed E-state index contributed by atoms with van der Waals surface area (Å²) in [7, 11) is -1.28. The predicted octanol–water partition coefficient (Wildman–Crippen LogP) is 3.63. The van der Waals surface area contributed by atoms with Gasteiger partial charge in [-0.05, 0) is 45.7 Å². The molecule has 0 spiro atoms. The number of aromatic nitrogens is 1. The number of pyridine rings is 1. The average Bonchev–Trinajstić information content (AvgIpc) is 3.05. The van der Waals surface area contributed by atoms with E-state index >= 15 is 0 Å². The third-order valence-electron chi connectivity index (χ3n) is 4.82. The molecule has 7 heteroatoms. The Morgan fingerprint density at radius 2 is 2.00 bits per heavy atom. The van der Waals surface area contributed by atoms with Crippen molar-refractivity contribution in [1.29, 1.82) is 0 Å². The molecule has 2 heterocycles. The number of hydrogen-bond acceptors (Lipinski definition) is 5. The zero-order valence-corrected chi connectivity index (χ0v) is 18.2. The highest BCUT2D eigenvalue weighted by molar-refractivity contribution is 7.84. The highest BCUT2D eigenvalue weighted by Crippen LogP contribution is 2.43. The number of hydrogen-bond donors (Lipinski definition) is 1. The Morgan fingerprint density at radius 1 is 1.31 bits per heavy atom. The second kappa shape index (κ2) is 8.73. The minimum atomic E-state index is -1.28. The van der Waals surface area contributed by atoms with E-state index in [1.54, 1.807) is 13.0 Å². The first-order valence-corrected chi connectivity index (χ1v) is 10.9. The summed E-state index contributed by atoms with van der Waals surface area (Å²) in [4.78, 5) is 17.1. The maximum absolute atomic E-state index is 13.2. The lowest BCUT2D eigenvalue weighted by Crippen LogP contribution is -2.36. The zero-order chi connectivity index (χ0) is 21.2. The monoisotopic (exact) mass is 416 g/mol. The van der Waals surface area contributed by atoms with Crippen LogP contribution in [0.5, 0.6) is 0 Å². The molecule has 3 rings (SSSR count). The third kappa shape index (κ3) is 4.42. The molecule has 1 aliphatic heterocycles. The predicted molar refractivity (Wildman–Crippen MR) is 114 cm³/mol. The first-order valence-electron chi connectivity index (χ1n) is 9.83. The van der Waals surface area contributed by atoms with Crippen molar-refractivity contribution in [1.82, 2.24) is 9.29 Å². The van der Waals surface area contributed by atoms with Crippen molar-refractivity contribution in [2.75, 3.05) is 13.2 Å². The molecule has 1 aliphatic rings. The molecule has 29 heavy (non-hydrogen) atoms. The van der Waals surface area contributed by atoms with Crippen molar-refractivity contribution in [3.63, 3.8) is 0 Å². The van der Waals surface area contributed by atoms with E-state index in [1.807, 2.05) is 55.4 Å². The topological polar surface area (TPSA) is 79.7 Å². The van der Waals surface area contributed by atoms with E-state index in [-0.39, 0.29) is 24.9 Å². The van der Waals surface area contributed by atoms with Crippen LogP contribution in [0.3, 0.4) is 0 Å². The van der Waals surface area contributed by atoms with Gasteiger partial charge in [-0.25, -0.2) is 18.3 Å². The molecule has 1 aromatic carbocycles. The quantitative estimate of drug-likeness (QED) is 0.728.